The van der Waals surface area contributed by atoms with E-state index in [2.05, 4.69) is 4.98 Å². The molecule has 2 aromatic carbocycles. The first-order valence-corrected chi connectivity index (χ1v) is 12.6. The summed E-state index contributed by atoms with van der Waals surface area (Å²) in [4.78, 5) is 30.6. The van der Waals surface area contributed by atoms with Gasteiger partial charge in [0.05, 0.1) is 30.5 Å². The molecule has 1 aromatic heterocycles. The number of aliphatic hydroxyl groups excluding tert-OH is 1. The Bertz CT molecular complexity index is 1190. The van der Waals surface area contributed by atoms with Crippen LogP contribution in [0.3, 0.4) is 0 Å². The molecule has 3 aromatic rings. The Hall–Kier alpha value is -3.42. The molecule has 37 heavy (non-hydrogen) atoms. The summed E-state index contributed by atoms with van der Waals surface area (Å²) in [5, 5.41) is 11.3. The van der Waals surface area contributed by atoms with Crippen molar-refractivity contribution < 1.29 is 24.2 Å². The van der Waals surface area contributed by atoms with E-state index >= 15 is 0 Å². The molecule has 1 N–H and O–H groups in total. The van der Waals surface area contributed by atoms with Crippen molar-refractivity contribution in [1.29, 1.82) is 0 Å². The lowest BCUT2D eigenvalue weighted by Gasteiger charge is -2.29. The minimum atomic E-state index is -0.905. The number of rotatable bonds is 9. The second kappa shape index (κ2) is 12.7. The van der Waals surface area contributed by atoms with Crippen molar-refractivity contribution in [2.45, 2.75) is 45.8 Å². The second-order valence-electron chi connectivity index (χ2n) is 9.60. The van der Waals surface area contributed by atoms with Crippen LogP contribution in [-0.2, 0) is 15.9 Å². The fourth-order valence-electron chi connectivity index (χ4n) is 3.62. The van der Waals surface area contributed by atoms with E-state index in [0.717, 1.165) is 16.8 Å². The molecule has 1 amide bonds. The van der Waals surface area contributed by atoms with Crippen LogP contribution in [0, 0.1) is 0 Å². The summed E-state index contributed by atoms with van der Waals surface area (Å²) in [6, 6.07) is 18.3. The van der Waals surface area contributed by atoms with Crippen molar-refractivity contribution >= 4 is 23.7 Å². The number of carbonyl (C=O) groups is 2. The largest absolute Gasteiger partial charge is 0.462 e. The number of nitrogens with zero attached hydrogens (tertiary/aromatic N) is 2. The molecule has 0 aliphatic rings. The van der Waals surface area contributed by atoms with Crippen molar-refractivity contribution in [1.82, 2.24) is 9.88 Å². The van der Waals surface area contributed by atoms with Crippen LogP contribution in [-0.4, -0.2) is 52.4 Å². The molecule has 1 heterocycles. The van der Waals surface area contributed by atoms with Gasteiger partial charge in [-0.15, -0.1) is 0 Å². The molecule has 0 spiro atoms. The molecule has 0 bridgehead atoms. The first-order valence-electron chi connectivity index (χ1n) is 12.2. The van der Waals surface area contributed by atoms with Crippen molar-refractivity contribution in [3.63, 3.8) is 0 Å². The third-order valence-corrected chi connectivity index (χ3v) is 5.71. The zero-order valence-electron chi connectivity index (χ0n) is 21.6. The van der Waals surface area contributed by atoms with E-state index in [1.165, 1.54) is 11.1 Å². The molecule has 1 unspecified atom stereocenters. The highest BCUT2D eigenvalue weighted by Gasteiger charge is 2.24. The van der Waals surface area contributed by atoms with Gasteiger partial charge in [-0.1, -0.05) is 48.0 Å². The fourth-order valence-corrected chi connectivity index (χ4v) is 3.82. The van der Waals surface area contributed by atoms with Crippen LogP contribution in [0.25, 0.3) is 11.3 Å². The molecule has 0 saturated heterocycles. The summed E-state index contributed by atoms with van der Waals surface area (Å²) < 4.78 is 10.6. The van der Waals surface area contributed by atoms with Gasteiger partial charge in [0.2, 0.25) is 0 Å². The molecule has 1 atom stereocenters. The topological polar surface area (TPSA) is 89.0 Å². The smallest absolute Gasteiger partial charge is 0.410 e. The van der Waals surface area contributed by atoms with Gasteiger partial charge in [-0.3, -0.25) is 4.98 Å². The molecule has 0 radical (unpaired) electrons. The van der Waals surface area contributed by atoms with Gasteiger partial charge in [0.15, 0.2) is 0 Å². The summed E-state index contributed by atoms with van der Waals surface area (Å²) in [5.41, 5.74) is 3.03. The summed E-state index contributed by atoms with van der Waals surface area (Å²) in [6.45, 7) is 7.93. The zero-order chi connectivity index (χ0) is 27.0. The number of halogens is 1. The molecule has 0 saturated carbocycles. The Morgan fingerprint density at radius 3 is 2.41 bits per heavy atom. The van der Waals surface area contributed by atoms with Crippen molar-refractivity contribution in [3.8, 4) is 11.3 Å². The maximum atomic E-state index is 12.9. The SMILES string of the molecule is CCOC(=O)c1ccc(-c2ccc(CCN(CC(O)c3cccc(Cl)c3)C(=O)OC(C)(C)C)cc2)nc1. The predicted octanol–water partition coefficient (Wildman–Crippen LogP) is 6.09. The average Bonchev–Trinajstić information content (AvgIpc) is 2.86. The average molecular weight is 525 g/mol. The van der Waals surface area contributed by atoms with Gasteiger partial charge in [-0.05, 0) is 69.5 Å². The van der Waals surface area contributed by atoms with Gasteiger partial charge in [-0.25, -0.2) is 9.59 Å². The lowest BCUT2D eigenvalue weighted by Crippen LogP contribution is -2.40. The molecular weight excluding hydrogens is 492 g/mol. The van der Waals surface area contributed by atoms with Gasteiger partial charge >= 0.3 is 12.1 Å². The molecule has 3 rings (SSSR count). The number of ether oxygens (including phenoxy) is 2. The number of benzene rings is 2. The van der Waals surface area contributed by atoms with Crippen LogP contribution in [0.5, 0.6) is 0 Å². The number of esters is 1. The summed E-state index contributed by atoms with van der Waals surface area (Å²) in [6.07, 6.45) is 0.677. The van der Waals surface area contributed by atoms with Crippen LogP contribution >= 0.6 is 11.6 Å². The second-order valence-corrected chi connectivity index (χ2v) is 10.0. The molecule has 0 aliphatic heterocycles. The standard InChI is InChI=1S/C29H33ClN2O5/c1-5-36-27(34)23-13-14-25(31-18-23)21-11-9-20(10-12-21)15-16-32(28(35)37-29(2,3)4)19-26(33)22-7-6-8-24(30)17-22/h6-14,17-18,26,33H,5,15-16,19H2,1-4H3. The van der Waals surface area contributed by atoms with Gasteiger partial charge < -0.3 is 19.5 Å². The van der Waals surface area contributed by atoms with E-state index in [9.17, 15) is 14.7 Å². The van der Waals surface area contributed by atoms with Gasteiger partial charge in [0.1, 0.15) is 5.60 Å². The van der Waals surface area contributed by atoms with Crippen molar-refractivity contribution in [2.24, 2.45) is 0 Å². The van der Waals surface area contributed by atoms with E-state index < -0.39 is 23.8 Å². The van der Waals surface area contributed by atoms with E-state index in [4.69, 9.17) is 21.1 Å². The van der Waals surface area contributed by atoms with Crippen LogP contribution in [0.2, 0.25) is 5.02 Å². The first kappa shape index (κ1) is 28.2. The number of carbonyl (C=O) groups excluding carboxylic acids is 2. The van der Waals surface area contributed by atoms with Crippen LogP contribution < -0.4 is 0 Å². The van der Waals surface area contributed by atoms with Crippen molar-refractivity contribution in [2.75, 3.05) is 19.7 Å². The minimum absolute atomic E-state index is 0.0735. The maximum absolute atomic E-state index is 12.9. The maximum Gasteiger partial charge on any atom is 0.410 e. The number of hydrogen-bond donors (Lipinski definition) is 1. The normalized spacial score (nSPS) is 12.1. The molecule has 8 heteroatoms. The fraction of sp³-hybridized carbons (Fsp3) is 0.345. The third-order valence-electron chi connectivity index (χ3n) is 5.47. The number of pyridine rings is 1. The van der Waals surface area contributed by atoms with Crippen LogP contribution in [0.15, 0.2) is 66.9 Å². The molecule has 7 nitrogen and oxygen atoms in total. The molecule has 0 aliphatic carbocycles. The minimum Gasteiger partial charge on any atom is -0.462 e. The highest BCUT2D eigenvalue weighted by molar-refractivity contribution is 6.30. The van der Waals surface area contributed by atoms with E-state index in [1.807, 2.05) is 45.0 Å². The van der Waals surface area contributed by atoms with Crippen molar-refractivity contribution in [3.05, 3.63) is 88.6 Å². The number of hydrogen-bond acceptors (Lipinski definition) is 6. The monoisotopic (exact) mass is 524 g/mol. The van der Waals surface area contributed by atoms with Crippen LogP contribution in [0.4, 0.5) is 4.79 Å². The number of amides is 1. The Kier molecular flexibility index (Phi) is 9.66. The van der Waals surface area contributed by atoms with Crippen LogP contribution in [0.1, 0.15) is 55.3 Å². The quantitative estimate of drug-likeness (QED) is 0.341. The molecular formula is C29H33ClN2O5. The van der Waals surface area contributed by atoms with E-state index in [0.29, 0.717) is 35.7 Å². The molecule has 196 valence electrons. The third kappa shape index (κ3) is 8.58. The van der Waals surface area contributed by atoms with E-state index in [-0.39, 0.29) is 6.54 Å². The summed E-state index contributed by atoms with van der Waals surface area (Å²) in [5.74, 6) is -0.396. The number of aliphatic hydroxyl groups is 1. The number of aromatic nitrogens is 1. The Labute approximate surface area is 223 Å². The van der Waals surface area contributed by atoms with E-state index in [1.54, 1.807) is 43.3 Å². The highest BCUT2D eigenvalue weighted by Crippen LogP contribution is 2.22. The van der Waals surface area contributed by atoms with Gasteiger partial charge in [-0.2, -0.15) is 0 Å². The summed E-state index contributed by atoms with van der Waals surface area (Å²) in [7, 11) is 0. The Balaban J connectivity index is 1.68. The zero-order valence-corrected chi connectivity index (χ0v) is 22.4. The summed E-state index contributed by atoms with van der Waals surface area (Å²) >= 11 is 6.07. The highest BCUT2D eigenvalue weighted by atomic mass is 35.5. The lowest BCUT2D eigenvalue weighted by molar-refractivity contribution is 0.0147. The lowest BCUT2D eigenvalue weighted by atomic mass is 10.1. The Morgan fingerprint density at radius 1 is 1.08 bits per heavy atom. The van der Waals surface area contributed by atoms with Gasteiger partial charge in [0.25, 0.3) is 0 Å². The van der Waals surface area contributed by atoms with Gasteiger partial charge in [0, 0.05) is 23.3 Å². The Morgan fingerprint density at radius 2 is 1.81 bits per heavy atom. The first-order chi connectivity index (χ1) is 17.6. The predicted molar refractivity (Wildman–Crippen MR) is 144 cm³/mol. The molecule has 0 fully saturated rings.